The molecular formula is C17H22FN2+. The minimum absolute atomic E-state index is 0.226. The van der Waals surface area contributed by atoms with Gasteiger partial charge in [-0.1, -0.05) is 20.8 Å². The molecule has 0 radical (unpaired) electrons. The molecule has 1 unspecified atom stereocenters. The fourth-order valence-electron chi connectivity index (χ4n) is 2.27. The Balaban J connectivity index is 2.23. The normalized spacial score (nSPS) is 12.7. The molecule has 0 saturated carbocycles. The number of nitrogens with zero attached hydrogens (tertiary/aromatic N) is 2. The van der Waals surface area contributed by atoms with Gasteiger partial charge in [0.2, 0.25) is 0 Å². The number of rotatable bonds is 4. The highest BCUT2D eigenvalue weighted by atomic mass is 19.1. The zero-order valence-electron chi connectivity index (χ0n) is 12.6. The predicted octanol–water partition coefficient (Wildman–Crippen LogP) is 3.74. The second-order valence-corrected chi connectivity index (χ2v) is 5.75. The maximum atomic E-state index is 13.2. The highest BCUT2D eigenvalue weighted by molar-refractivity contribution is 5.15. The highest BCUT2D eigenvalue weighted by Gasteiger charge is 2.16. The zero-order valence-corrected chi connectivity index (χ0v) is 12.6. The number of hydrogen-bond donors (Lipinski definition) is 0. The quantitative estimate of drug-likeness (QED) is 0.775. The maximum Gasteiger partial charge on any atom is 0.178 e. The van der Waals surface area contributed by atoms with Gasteiger partial charge in [-0.2, -0.15) is 0 Å². The van der Waals surface area contributed by atoms with Crippen molar-refractivity contribution in [3.05, 3.63) is 59.4 Å². The van der Waals surface area contributed by atoms with Crippen molar-refractivity contribution in [1.82, 2.24) is 4.98 Å². The van der Waals surface area contributed by atoms with Crippen LogP contribution >= 0.6 is 0 Å². The Morgan fingerprint density at radius 2 is 1.90 bits per heavy atom. The van der Waals surface area contributed by atoms with Gasteiger partial charge in [0, 0.05) is 30.7 Å². The van der Waals surface area contributed by atoms with Crippen LogP contribution in [0.3, 0.4) is 0 Å². The van der Waals surface area contributed by atoms with E-state index in [0.29, 0.717) is 5.92 Å². The van der Waals surface area contributed by atoms with E-state index in [1.165, 1.54) is 17.5 Å². The molecule has 0 aliphatic rings. The summed E-state index contributed by atoms with van der Waals surface area (Å²) < 4.78 is 15.5. The molecule has 0 spiro atoms. The molecule has 106 valence electrons. The smallest absolute Gasteiger partial charge is 0.178 e. The molecule has 2 heterocycles. The molecule has 0 aliphatic heterocycles. The molecule has 3 heteroatoms. The van der Waals surface area contributed by atoms with Gasteiger partial charge in [0.05, 0.1) is 6.20 Å². The van der Waals surface area contributed by atoms with Crippen LogP contribution in [-0.2, 0) is 6.54 Å². The van der Waals surface area contributed by atoms with Crippen molar-refractivity contribution >= 4 is 0 Å². The first kappa shape index (κ1) is 14.6. The van der Waals surface area contributed by atoms with Crippen molar-refractivity contribution in [2.24, 2.45) is 0 Å². The highest BCUT2D eigenvalue weighted by Crippen LogP contribution is 2.17. The SMILES string of the molecule is Cc1ccc(C(C)C)c[n+]1CC(C)c1cncc(F)c1. The summed E-state index contributed by atoms with van der Waals surface area (Å²) in [5.41, 5.74) is 3.47. The lowest BCUT2D eigenvalue weighted by Gasteiger charge is -2.11. The summed E-state index contributed by atoms with van der Waals surface area (Å²) >= 11 is 0. The maximum absolute atomic E-state index is 13.2. The van der Waals surface area contributed by atoms with Gasteiger partial charge in [0.25, 0.3) is 0 Å². The third kappa shape index (κ3) is 3.41. The fraction of sp³-hybridized carbons (Fsp3) is 0.412. The molecule has 0 amide bonds. The Morgan fingerprint density at radius 1 is 1.15 bits per heavy atom. The molecule has 1 atom stereocenters. The molecule has 0 saturated heterocycles. The van der Waals surface area contributed by atoms with Crippen LogP contribution in [0.25, 0.3) is 0 Å². The van der Waals surface area contributed by atoms with Crippen LogP contribution in [0.15, 0.2) is 36.8 Å². The number of hydrogen-bond acceptors (Lipinski definition) is 1. The Labute approximate surface area is 120 Å². The largest absolute Gasteiger partial charge is 0.261 e. The van der Waals surface area contributed by atoms with E-state index >= 15 is 0 Å². The summed E-state index contributed by atoms with van der Waals surface area (Å²) in [6, 6.07) is 5.89. The molecule has 20 heavy (non-hydrogen) atoms. The predicted molar refractivity (Wildman–Crippen MR) is 78.1 cm³/mol. The number of halogens is 1. The number of pyridine rings is 2. The Kier molecular flexibility index (Phi) is 4.48. The van der Waals surface area contributed by atoms with E-state index in [1.807, 2.05) is 0 Å². The monoisotopic (exact) mass is 273 g/mol. The summed E-state index contributed by atoms with van der Waals surface area (Å²) in [5, 5.41) is 0. The summed E-state index contributed by atoms with van der Waals surface area (Å²) in [4.78, 5) is 3.93. The molecule has 2 rings (SSSR count). The van der Waals surface area contributed by atoms with E-state index in [0.717, 1.165) is 12.1 Å². The Bertz CT molecular complexity index is 593. The van der Waals surface area contributed by atoms with E-state index in [1.54, 1.807) is 12.3 Å². The van der Waals surface area contributed by atoms with Crippen LogP contribution in [0.1, 0.15) is 49.4 Å². The van der Waals surface area contributed by atoms with Gasteiger partial charge < -0.3 is 0 Å². The van der Waals surface area contributed by atoms with Crippen molar-refractivity contribution < 1.29 is 8.96 Å². The van der Waals surface area contributed by atoms with Crippen LogP contribution in [0, 0.1) is 12.7 Å². The Hall–Kier alpha value is -1.77. The lowest BCUT2D eigenvalue weighted by atomic mass is 10.0. The standard InChI is InChI=1S/C17H22FN2/c1-12(2)15-6-5-14(4)20(11-15)10-13(3)16-7-17(18)9-19-8-16/h5-9,11-13H,10H2,1-4H3/q+1. The van der Waals surface area contributed by atoms with Gasteiger partial charge >= 0.3 is 0 Å². The van der Waals surface area contributed by atoms with Crippen molar-refractivity contribution in [2.75, 3.05) is 0 Å². The first-order chi connectivity index (χ1) is 9.47. The first-order valence-corrected chi connectivity index (χ1v) is 7.08. The van der Waals surface area contributed by atoms with E-state index in [9.17, 15) is 4.39 Å². The van der Waals surface area contributed by atoms with Crippen LogP contribution < -0.4 is 4.57 Å². The molecule has 0 aliphatic carbocycles. The minimum Gasteiger partial charge on any atom is -0.261 e. The molecule has 0 bridgehead atoms. The van der Waals surface area contributed by atoms with Crippen LogP contribution in [0.4, 0.5) is 4.39 Å². The molecule has 2 aromatic rings. The fourth-order valence-corrected chi connectivity index (χ4v) is 2.27. The van der Waals surface area contributed by atoms with Crippen molar-refractivity contribution in [1.29, 1.82) is 0 Å². The molecule has 0 N–H and O–H groups in total. The van der Waals surface area contributed by atoms with Gasteiger partial charge in [-0.25, -0.2) is 8.96 Å². The van der Waals surface area contributed by atoms with Crippen molar-refractivity contribution in [3.63, 3.8) is 0 Å². The lowest BCUT2D eigenvalue weighted by molar-refractivity contribution is -0.705. The molecule has 0 fully saturated rings. The summed E-state index contributed by atoms with van der Waals surface area (Å²) in [7, 11) is 0. The van der Waals surface area contributed by atoms with E-state index in [2.05, 4.69) is 55.6 Å². The van der Waals surface area contributed by atoms with Gasteiger partial charge in [-0.3, -0.25) is 4.98 Å². The van der Waals surface area contributed by atoms with Crippen LogP contribution in [0.5, 0.6) is 0 Å². The van der Waals surface area contributed by atoms with Gasteiger partial charge in [0.15, 0.2) is 18.4 Å². The van der Waals surface area contributed by atoms with Gasteiger partial charge in [-0.05, 0) is 23.6 Å². The zero-order chi connectivity index (χ0) is 14.7. The topological polar surface area (TPSA) is 16.8 Å². The third-order valence-corrected chi connectivity index (χ3v) is 3.71. The molecular weight excluding hydrogens is 251 g/mol. The number of aromatic nitrogens is 2. The summed E-state index contributed by atoms with van der Waals surface area (Å²) in [6.45, 7) is 9.41. The average Bonchev–Trinajstić information content (AvgIpc) is 2.41. The number of aryl methyl sites for hydroxylation is 1. The van der Waals surface area contributed by atoms with E-state index < -0.39 is 0 Å². The molecule has 2 nitrogen and oxygen atoms in total. The Morgan fingerprint density at radius 3 is 2.55 bits per heavy atom. The van der Waals surface area contributed by atoms with E-state index in [4.69, 9.17) is 0 Å². The molecule has 0 aromatic carbocycles. The average molecular weight is 273 g/mol. The van der Waals surface area contributed by atoms with E-state index in [-0.39, 0.29) is 11.7 Å². The van der Waals surface area contributed by atoms with Gasteiger partial charge in [-0.15, -0.1) is 0 Å². The van der Waals surface area contributed by atoms with Crippen molar-refractivity contribution in [3.8, 4) is 0 Å². The first-order valence-electron chi connectivity index (χ1n) is 7.08. The lowest BCUT2D eigenvalue weighted by Crippen LogP contribution is -2.39. The van der Waals surface area contributed by atoms with Gasteiger partial charge in [0.1, 0.15) is 5.82 Å². The second kappa shape index (κ2) is 6.12. The van der Waals surface area contributed by atoms with Crippen LogP contribution in [0.2, 0.25) is 0 Å². The summed E-state index contributed by atoms with van der Waals surface area (Å²) in [5.74, 6) is 0.462. The van der Waals surface area contributed by atoms with Crippen molar-refractivity contribution in [2.45, 2.75) is 46.1 Å². The van der Waals surface area contributed by atoms with Crippen LogP contribution in [-0.4, -0.2) is 4.98 Å². The minimum atomic E-state index is -0.271. The second-order valence-electron chi connectivity index (χ2n) is 5.75. The summed E-state index contributed by atoms with van der Waals surface area (Å²) in [6.07, 6.45) is 5.19. The third-order valence-electron chi connectivity index (χ3n) is 3.71. The molecule has 2 aromatic heterocycles.